The number of aromatic hydroxyl groups is 1. The molecule has 3 aliphatic rings. The number of nitrogens with one attached hydrogen (secondary N) is 1. The molecule has 3 aliphatic heterocycles. The van der Waals surface area contributed by atoms with Crippen LogP contribution in [0, 0.1) is 5.92 Å². The second-order valence-corrected chi connectivity index (χ2v) is 8.77. The molecule has 0 spiro atoms. The number of benzene rings is 1. The second-order valence-electron chi connectivity index (χ2n) is 8.77. The Kier molecular flexibility index (Phi) is 4.68. The van der Waals surface area contributed by atoms with Crippen molar-refractivity contribution < 1.29 is 14.2 Å². The fraction of sp³-hybridized carbons (Fsp3) is 0.375. The number of piperidine rings is 2. The first-order valence-electron chi connectivity index (χ1n) is 11.1. The summed E-state index contributed by atoms with van der Waals surface area (Å²) in [5.74, 6) is 0.478. The van der Waals surface area contributed by atoms with Crippen molar-refractivity contribution in [3.63, 3.8) is 0 Å². The molecule has 3 aromatic rings. The number of halogens is 1. The fourth-order valence-corrected chi connectivity index (χ4v) is 5.28. The number of nitrogens with zero attached hydrogens (tertiary/aromatic N) is 4. The van der Waals surface area contributed by atoms with Crippen molar-refractivity contribution in [2.24, 2.45) is 5.92 Å². The third kappa shape index (κ3) is 3.26. The van der Waals surface area contributed by atoms with Crippen molar-refractivity contribution in [2.75, 3.05) is 6.61 Å². The summed E-state index contributed by atoms with van der Waals surface area (Å²) in [6.45, 7) is 0.380. The zero-order chi connectivity index (χ0) is 21.7. The van der Waals surface area contributed by atoms with E-state index in [1.807, 2.05) is 22.9 Å². The molecule has 32 heavy (non-hydrogen) atoms. The lowest BCUT2D eigenvalue weighted by atomic mass is 9.74. The number of imidazole rings is 1. The van der Waals surface area contributed by atoms with E-state index in [0.29, 0.717) is 35.3 Å². The quantitative estimate of drug-likeness (QED) is 0.656. The highest BCUT2D eigenvalue weighted by atomic mass is 19.1. The van der Waals surface area contributed by atoms with Gasteiger partial charge in [0.1, 0.15) is 35.7 Å². The van der Waals surface area contributed by atoms with Crippen LogP contribution in [0.4, 0.5) is 4.39 Å². The summed E-state index contributed by atoms with van der Waals surface area (Å²) in [5, 5.41) is 22.9. The number of fused-ring (bicyclic) bond motifs is 3. The van der Waals surface area contributed by atoms with Crippen LogP contribution in [0.2, 0.25) is 0 Å². The number of hydrogen-bond acceptors (Lipinski definition) is 6. The van der Waals surface area contributed by atoms with E-state index in [1.54, 1.807) is 30.7 Å². The number of phenolic OH excluding ortho intramolecular Hbond substituents is 1. The summed E-state index contributed by atoms with van der Waals surface area (Å²) in [6, 6.07) is 7.40. The first-order valence-corrected chi connectivity index (χ1v) is 11.1. The molecule has 2 saturated heterocycles. The molecule has 0 radical (unpaired) electrons. The highest BCUT2D eigenvalue weighted by Crippen LogP contribution is 2.43. The van der Waals surface area contributed by atoms with Gasteiger partial charge < -0.3 is 19.7 Å². The largest absolute Gasteiger partial charge is 0.507 e. The van der Waals surface area contributed by atoms with Crippen molar-refractivity contribution in [1.29, 1.82) is 0 Å². The lowest BCUT2D eigenvalue weighted by Crippen LogP contribution is -2.55. The molecule has 2 bridgehead atoms. The predicted octanol–water partition coefficient (Wildman–Crippen LogP) is 3.68. The van der Waals surface area contributed by atoms with E-state index >= 15 is 4.39 Å². The van der Waals surface area contributed by atoms with Gasteiger partial charge in [-0.15, -0.1) is 10.2 Å². The Balaban J connectivity index is 1.31. The molecule has 2 fully saturated rings. The zero-order valence-corrected chi connectivity index (χ0v) is 17.5. The molecule has 0 unspecified atom stereocenters. The van der Waals surface area contributed by atoms with Gasteiger partial charge in [0.15, 0.2) is 0 Å². The Morgan fingerprint density at radius 3 is 2.97 bits per heavy atom. The van der Waals surface area contributed by atoms with Crippen molar-refractivity contribution in [2.45, 2.75) is 43.9 Å². The van der Waals surface area contributed by atoms with Crippen LogP contribution in [0.15, 0.2) is 49.1 Å². The second kappa shape index (κ2) is 7.70. The van der Waals surface area contributed by atoms with Crippen LogP contribution in [0.3, 0.4) is 0 Å². The number of allylic oxidation sites excluding steroid dienone is 1. The first kappa shape index (κ1) is 19.4. The molecule has 1 aromatic carbocycles. The summed E-state index contributed by atoms with van der Waals surface area (Å²) in [7, 11) is 0. The molecule has 0 saturated carbocycles. The van der Waals surface area contributed by atoms with Gasteiger partial charge in [0.25, 0.3) is 0 Å². The standard InChI is InChI=1S/C24H24FN5O2/c25-23-18(10-14-2-1-3-19(23)27-14)16-6-9-32-22-12-20(28-29-24(16)22)17-5-4-15(11-21(17)31)30-8-7-26-13-30/h4-8,11-14,18-19,23,27,31H,1-3,9-10H2/t14-,18-,19+,23+/m0/s1. The maximum Gasteiger partial charge on any atom is 0.149 e. The molecule has 8 heteroatoms. The molecule has 7 nitrogen and oxygen atoms in total. The fourth-order valence-electron chi connectivity index (χ4n) is 5.28. The number of hydrogen-bond donors (Lipinski definition) is 2. The molecule has 6 rings (SSSR count). The number of ether oxygens (including phenoxy) is 1. The van der Waals surface area contributed by atoms with Gasteiger partial charge in [-0.1, -0.05) is 6.42 Å². The maximum atomic E-state index is 15.3. The summed E-state index contributed by atoms with van der Waals surface area (Å²) in [4.78, 5) is 4.03. The van der Waals surface area contributed by atoms with Crippen LogP contribution in [0.1, 0.15) is 31.4 Å². The topological polar surface area (TPSA) is 85.1 Å². The zero-order valence-electron chi connectivity index (χ0n) is 17.5. The molecular weight excluding hydrogens is 409 g/mol. The molecular formula is C24H24FN5O2. The Hall–Kier alpha value is -3.26. The van der Waals surface area contributed by atoms with Gasteiger partial charge in [-0.3, -0.25) is 0 Å². The third-order valence-electron chi connectivity index (χ3n) is 6.86. The smallest absolute Gasteiger partial charge is 0.149 e. The summed E-state index contributed by atoms with van der Waals surface area (Å²) < 4.78 is 23.0. The number of rotatable bonds is 3. The van der Waals surface area contributed by atoms with Crippen molar-refractivity contribution in [3.05, 3.63) is 54.8 Å². The van der Waals surface area contributed by atoms with Crippen LogP contribution in [-0.2, 0) is 0 Å². The van der Waals surface area contributed by atoms with Crippen molar-refractivity contribution in [1.82, 2.24) is 25.1 Å². The van der Waals surface area contributed by atoms with Crippen molar-refractivity contribution >= 4 is 5.57 Å². The minimum absolute atomic E-state index is 0.0853. The van der Waals surface area contributed by atoms with Gasteiger partial charge in [-0.05, 0) is 43.0 Å². The van der Waals surface area contributed by atoms with Gasteiger partial charge in [0.2, 0.25) is 0 Å². The average Bonchev–Trinajstić information content (AvgIpc) is 3.36. The Morgan fingerprint density at radius 1 is 1.19 bits per heavy atom. The molecule has 164 valence electrons. The molecule has 2 N–H and O–H groups in total. The lowest BCUT2D eigenvalue weighted by Gasteiger charge is -2.44. The summed E-state index contributed by atoms with van der Waals surface area (Å²) in [5.41, 5.74) is 3.38. The minimum Gasteiger partial charge on any atom is -0.507 e. The molecule has 2 aromatic heterocycles. The monoisotopic (exact) mass is 433 g/mol. The maximum absolute atomic E-state index is 15.3. The highest BCUT2D eigenvalue weighted by molar-refractivity contribution is 5.75. The summed E-state index contributed by atoms with van der Waals surface area (Å²) in [6.07, 6.45) is 9.99. The van der Waals surface area contributed by atoms with Gasteiger partial charge >= 0.3 is 0 Å². The van der Waals surface area contributed by atoms with Crippen LogP contribution in [0.25, 0.3) is 22.5 Å². The van der Waals surface area contributed by atoms with Gasteiger partial charge in [0, 0.05) is 48.1 Å². The minimum atomic E-state index is -0.940. The average molecular weight is 433 g/mol. The highest BCUT2D eigenvalue weighted by Gasteiger charge is 2.42. The molecule has 4 atom stereocenters. The Morgan fingerprint density at radius 2 is 2.12 bits per heavy atom. The SMILES string of the molecule is Oc1cc(-n2ccnc2)ccc1-c1cc2c(nn1)C([C@@H]1C[C@@H]3CCC[C@@H](N3)[C@@H]1F)=CCO2. The predicted molar refractivity (Wildman–Crippen MR) is 117 cm³/mol. The van der Waals surface area contributed by atoms with Gasteiger partial charge in [0.05, 0.1) is 12.0 Å². The van der Waals surface area contributed by atoms with Crippen LogP contribution in [0.5, 0.6) is 11.5 Å². The number of alkyl halides is 1. The van der Waals surface area contributed by atoms with Crippen LogP contribution in [-0.4, -0.2) is 49.7 Å². The van der Waals surface area contributed by atoms with E-state index in [1.165, 1.54) is 0 Å². The molecule has 5 heterocycles. The van der Waals surface area contributed by atoms with Crippen LogP contribution >= 0.6 is 0 Å². The Labute approximate surface area is 185 Å². The number of phenols is 1. The van der Waals surface area contributed by atoms with E-state index in [4.69, 9.17) is 4.74 Å². The van der Waals surface area contributed by atoms with E-state index < -0.39 is 6.17 Å². The molecule has 0 aliphatic carbocycles. The number of aromatic nitrogens is 4. The van der Waals surface area contributed by atoms with Gasteiger partial charge in [-0.2, -0.15) is 0 Å². The lowest BCUT2D eigenvalue weighted by molar-refractivity contribution is 0.0974. The van der Waals surface area contributed by atoms with E-state index in [2.05, 4.69) is 20.5 Å². The van der Waals surface area contributed by atoms with E-state index in [-0.39, 0.29) is 17.7 Å². The normalized spacial score (nSPS) is 26.7. The first-order chi connectivity index (χ1) is 15.7. The van der Waals surface area contributed by atoms with E-state index in [9.17, 15) is 5.11 Å². The van der Waals surface area contributed by atoms with E-state index in [0.717, 1.165) is 36.9 Å². The van der Waals surface area contributed by atoms with Gasteiger partial charge in [-0.25, -0.2) is 9.37 Å². The molecule has 0 amide bonds. The third-order valence-corrected chi connectivity index (χ3v) is 6.86. The summed E-state index contributed by atoms with van der Waals surface area (Å²) >= 11 is 0. The Bertz CT molecular complexity index is 1180. The van der Waals surface area contributed by atoms with Crippen molar-refractivity contribution in [3.8, 4) is 28.4 Å². The van der Waals surface area contributed by atoms with Crippen LogP contribution < -0.4 is 10.1 Å².